The number of thiol groups is 1. The SMILES string of the molecule is Fc1c(F)c(F)c([B-](c2c(F)c(F)c(F)c(F)c2F)(c2c(F)c(F)c(F)c(F)c2F)c2c(F)c(F)c(F)c(F)c2F)c(F)c1F.O=C(OCS)c1cncc[n+]1Cc1ccccc1. The molecule has 6 rings (SSSR count). The van der Waals surface area contributed by atoms with E-state index in [1.165, 1.54) is 6.20 Å². The van der Waals surface area contributed by atoms with Crippen molar-refractivity contribution in [3.05, 3.63) is 177 Å². The molecule has 0 N–H and O–H groups in total. The largest absolute Gasteiger partial charge is 0.447 e. The quantitative estimate of drug-likeness (QED) is 0.0255. The van der Waals surface area contributed by atoms with Gasteiger partial charge in [-0.3, -0.25) is 4.98 Å². The number of ether oxygens (including phenoxy) is 1. The normalized spacial score (nSPS) is 11.4. The maximum absolute atomic E-state index is 15.4. The zero-order chi connectivity index (χ0) is 47.2. The van der Waals surface area contributed by atoms with Crippen LogP contribution in [0.25, 0.3) is 0 Å². The van der Waals surface area contributed by atoms with Gasteiger partial charge in [-0.15, -0.1) is 34.5 Å². The van der Waals surface area contributed by atoms with Crippen LogP contribution in [0.15, 0.2) is 48.9 Å². The van der Waals surface area contributed by atoms with Crippen LogP contribution in [-0.2, 0) is 11.3 Å². The van der Waals surface area contributed by atoms with Crippen molar-refractivity contribution in [3.8, 4) is 0 Å². The second-order valence-electron chi connectivity index (χ2n) is 12.4. The predicted octanol–water partition coefficient (Wildman–Crippen LogP) is 7.31. The molecule has 332 valence electrons. The third-order valence-electron chi connectivity index (χ3n) is 9.15. The highest BCUT2D eigenvalue weighted by Gasteiger charge is 2.52. The van der Waals surface area contributed by atoms with E-state index in [4.69, 9.17) is 4.74 Å². The molecule has 4 nitrogen and oxygen atoms in total. The molecule has 26 heteroatoms. The van der Waals surface area contributed by atoms with Crippen LogP contribution in [0, 0.1) is 116 Å². The number of hydrogen-bond donors (Lipinski definition) is 1. The molecule has 63 heavy (non-hydrogen) atoms. The summed E-state index contributed by atoms with van der Waals surface area (Å²) < 4.78 is 301. The van der Waals surface area contributed by atoms with E-state index in [0.717, 1.165) is 5.56 Å². The second kappa shape index (κ2) is 18.2. The Balaban J connectivity index is 0.000000345. The molecule has 0 saturated heterocycles. The molecular formula is C37H13BF20N2O2S. The molecule has 0 bridgehead atoms. The summed E-state index contributed by atoms with van der Waals surface area (Å²) in [7, 11) is 0. The van der Waals surface area contributed by atoms with Crippen LogP contribution in [-0.4, -0.2) is 23.0 Å². The number of esters is 1. The molecule has 1 heterocycles. The highest BCUT2D eigenvalue weighted by molar-refractivity contribution is 7.80. The fraction of sp³-hybridized carbons (Fsp3) is 0.0541. The topological polar surface area (TPSA) is 43.1 Å². The summed E-state index contributed by atoms with van der Waals surface area (Å²) in [6.45, 7) is 0.598. The van der Waals surface area contributed by atoms with Gasteiger partial charge in [-0.2, -0.15) is 4.57 Å². The lowest BCUT2D eigenvalue weighted by Gasteiger charge is -2.44. The summed E-state index contributed by atoms with van der Waals surface area (Å²) in [4.78, 5) is 15.7. The first-order chi connectivity index (χ1) is 29.5. The lowest BCUT2D eigenvalue weighted by atomic mass is 9.12. The van der Waals surface area contributed by atoms with Crippen LogP contribution >= 0.6 is 12.6 Å². The van der Waals surface area contributed by atoms with E-state index in [-0.39, 0.29) is 5.94 Å². The van der Waals surface area contributed by atoms with Gasteiger partial charge < -0.3 is 4.74 Å². The average molecular weight is 940 g/mol. The van der Waals surface area contributed by atoms with Crippen LogP contribution in [0.3, 0.4) is 0 Å². The summed E-state index contributed by atoms with van der Waals surface area (Å²) in [5, 5.41) is 0. The summed E-state index contributed by atoms with van der Waals surface area (Å²) in [6, 6.07) is 9.88. The van der Waals surface area contributed by atoms with Gasteiger partial charge in [0.1, 0.15) is 64.8 Å². The first-order valence-electron chi connectivity index (χ1n) is 16.4. The smallest absolute Gasteiger partial charge is 0.406 e. The zero-order valence-electron chi connectivity index (χ0n) is 29.8. The van der Waals surface area contributed by atoms with Gasteiger partial charge in [0.15, 0.2) is 82.5 Å². The molecule has 0 saturated carbocycles. The number of hydrogen-bond acceptors (Lipinski definition) is 4. The fourth-order valence-corrected chi connectivity index (χ4v) is 6.60. The van der Waals surface area contributed by atoms with Crippen LogP contribution < -0.4 is 26.4 Å². The molecule has 6 aromatic rings. The molecule has 1 aromatic heterocycles. The number of aromatic nitrogens is 2. The summed E-state index contributed by atoms with van der Waals surface area (Å²) >= 11 is 3.87. The summed E-state index contributed by atoms with van der Waals surface area (Å²) in [6.07, 6.45) is -2.33. The Hall–Kier alpha value is -6.34. The van der Waals surface area contributed by atoms with Gasteiger partial charge in [-0.1, -0.05) is 30.3 Å². The number of nitrogens with zero attached hydrogens (tertiary/aromatic N) is 2. The minimum absolute atomic E-state index is 0.0546. The van der Waals surface area contributed by atoms with Gasteiger partial charge in [0.25, 0.3) is 0 Å². The lowest BCUT2D eigenvalue weighted by molar-refractivity contribution is -0.691. The third kappa shape index (κ3) is 7.77. The molecule has 0 amide bonds. The van der Waals surface area contributed by atoms with Gasteiger partial charge >= 0.3 is 11.7 Å². The van der Waals surface area contributed by atoms with Crippen molar-refractivity contribution >= 4 is 46.6 Å². The van der Waals surface area contributed by atoms with Crippen LogP contribution in [0.2, 0.25) is 0 Å². The molecule has 0 aliphatic carbocycles. The molecule has 0 radical (unpaired) electrons. The van der Waals surface area contributed by atoms with E-state index < -0.39 is 150 Å². The van der Waals surface area contributed by atoms with Crippen molar-refractivity contribution < 1.29 is 102 Å². The predicted molar refractivity (Wildman–Crippen MR) is 178 cm³/mol. The summed E-state index contributed by atoms with van der Waals surface area (Å²) in [5.74, 6) is -71.8. The van der Waals surface area contributed by atoms with Crippen LogP contribution in [0.4, 0.5) is 87.8 Å². The van der Waals surface area contributed by atoms with Gasteiger partial charge in [0.2, 0.25) is 0 Å². The molecule has 0 fully saturated rings. The van der Waals surface area contributed by atoms with Crippen molar-refractivity contribution in [1.82, 2.24) is 4.98 Å². The standard InChI is InChI=1S/C24BF20.C13H12N2O2S/c26-5-1(6(27)14(35)21(42)13(5)34)25(2-7(28)15(36)22(43)16(37)8(2)29,3-9(30)17(38)23(44)18(39)10(3)31)4-11(32)19(40)24(45)20(41)12(4)33;16-13(17-10-18)12-8-14-6-7-15(12)9-11-4-2-1-3-5-11/h;1-8H,9-10H2/q-1;/p+1. The van der Waals surface area contributed by atoms with Crippen molar-refractivity contribution in [2.24, 2.45) is 0 Å². The third-order valence-corrected chi connectivity index (χ3v) is 9.28. The Labute approximate surface area is 342 Å². The number of halogens is 20. The Morgan fingerprint density at radius 3 is 1.05 bits per heavy atom. The van der Waals surface area contributed by atoms with E-state index in [1.807, 2.05) is 30.3 Å². The number of carbonyl (C=O) groups is 1. The molecule has 5 aromatic carbocycles. The van der Waals surface area contributed by atoms with E-state index in [0.29, 0.717) is 12.2 Å². The van der Waals surface area contributed by atoms with E-state index in [2.05, 4.69) is 17.6 Å². The van der Waals surface area contributed by atoms with E-state index in [1.54, 1.807) is 17.0 Å². The first kappa shape index (κ1) is 47.7. The maximum atomic E-state index is 15.4. The number of carbonyl (C=O) groups excluding carboxylic acids is 1. The Bertz CT molecular complexity index is 2440. The van der Waals surface area contributed by atoms with Crippen molar-refractivity contribution in [2.45, 2.75) is 6.54 Å². The summed E-state index contributed by atoms with van der Waals surface area (Å²) in [5.41, 5.74) is -12.8. The molecule has 0 aliphatic heterocycles. The van der Waals surface area contributed by atoms with Gasteiger partial charge in [-0.05, 0) is 0 Å². The molecule has 0 spiro atoms. The Morgan fingerprint density at radius 1 is 0.476 bits per heavy atom. The molecule has 0 aliphatic rings. The van der Waals surface area contributed by atoms with Gasteiger partial charge in [-0.25, -0.2) is 92.6 Å². The molecular weight excluding hydrogens is 927 g/mol. The molecule has 0 atom stereocenters. The van der Waals surface area contributed by atoms with E-state index in [9.17, 15) is 57.5 Å². The van der Waals surface area contributed by atoms with Gasteiger partial charge in [0.05, 0.1) is 6.20 Å². The monoisotopic (exact) mass is 940 g/mol. The van der Waals surface area contributed by atoms with E-state index >= 15 is 35.1 Å². The Kier molecular flexibility index (Phi) is 13.8. The zero-order valence-corrected chi connectivity index (χ0v) is 30.7. The number of benzene rings is 5. The van der Waals surface area contributed by atoms with Crippen molar-refractivity contribution in [3.63, 3.8) is 0 Å². The van der Waals surface area contributed by atoms with Crippen molar-refractivity contribution in [1.29, 1.82) is 0 Å². The van der Waals surface area contributed by atoms with Crippen LogP contribution in [0.5, 0.6) is 0 Å². The first-order valence-corrected chi connectivity index (χ1v) is 17.0. The Morgan fingerprint density at radius 2 is 0.762 bits per heavy atom. The lowest BCUT2D eigenvalue weighted by Crippen LogP contribution is -2.81. The highest BCUT2D eigenvalue weighted by Crippen LogP contribution is 2.30. The highest BCUT2D eigenvalue weighted by atomic mass is 32.1. The van der Waals surface area contributed by atoms with Gasteiger partial charge in [0, 0.05) is 5.56 Å². The molecule has 0 unspecified atom stereocenters. The second-order valence-corrected chi connectivity index (χ2v) is 12.7. The maximum Gasteiger partial charge on any atom is 0.406 e. The average Bonchev–Trinajstić information content (AvgIpc) is 3.27. The van der Waals surface area contributed by atoms with Crippen molar-refractivity contribution in [2.75, 3.05) is 5.94 Å². The minimum Gasteiger partial charge on any atom is -0.447 e. The fourth-order valence-electron chi connectivity index (χ4n) is 6.48. The minimum atomic E-state index is -7.22. The van der Waals surface area contributed by atoms with Crippen LogP contribution in [0.1, 0.15) is 16.1 Å². The number of rotatable bonds is 8.